The molecule has 0 unspecified atom stereocenters. The molecule has 2 aromatic carbocycles. The minimum Gasteiger partial charge on any atom is -0.342 e. The van der Waals surface area contributed by atoms with Crippen molar-refractivity contribution >= 4 is 29.3 Å². The number of nitrogens with zero attached hydrogens (tertiary/aromatic N) is 4. The van der Waals surface area contributed by atoms with E-state index in [0.29, 0.717) is 10.8 Å². The van der Waals surface area contributed by atoms with Gasteiger partial charge in [0.15, 0.2) is 11.0 Å². The molecule has 1 amide bonds. The quantitative estimate of drug-likeness (QED) is 0.464. The molecule has 1 saturated heterocycles. The molecule has 3 aromatic rings. The van der Waals surface area contributed by atoms with Crippen LogP contribution in [0.3, 0.4) is 0 Å². The Bertz CT molecular complexity index is 1060. The molecule has 2 heterocycles. The van der Waals surface area contributed by atoms with Gasteiger partial charge in [0.05, 0.1) is 11.4 Å². The van der Waals surface area contributed by atoms with Crippen LogP contribution in [-0.2, 0) is 4.79 Å². The summed E-state index contributed by atoms with van der Waals surface area (Å²) < 4.78 is 2.04. The molecule has 0 atom stereocenters. The van der Waals surface area contributed by atoms with Gasteiger partial charge in [-0.25, -0.2) is 0 Å². The second-order valence-electron chi connectivity index (χ2n) is 8.00. The van der Waals surface area contributed by atoms with E-state index in [1.54, 1.807) is 0 Å². The first kappa shape index (κ1) is 21.9. The standard InChI is InChI=1S/C24H27ClN4OS/c1-17-7-12-21(15-18(17)2)29-23(19-8-10-20(25)11-9-19)26-27-24(29)31-16-22(30)28-13-5-3-4-6-14-28/h7-12,15H,3-6,13-14,16H2,1-2H3. The zero-order chi connectivity index (χ0) is 21.8. The minimum absolute atomic E-state index is 0.176. The third-order valence-electron chi connectivity index (χ3n) is 5.77. The Labute approximate surface area is 192 Å². The van der Waals surface area contributed by atoms with Gasteiger partial charge in [-0.05, 0) is 74.2 Å². The topological polar surface area (TPSA) is 51.0 Å². The molecule has 0 aliphatic carbocycles. The summed E-state index contributed by atoms with van der Waals surface area (Å²) in [6.07, 6.45) is 4.61. The second-order valence-corrected chi connectivity index (χ2v) is 9.38. The average Bonchev–Trinajstić information content (AvgIpc) is 2.99. The molecule has 1 aliphatic rings. The number of carbonyl (C=O) groups excluding carboxylic acids is 1. The largest absolute Gasteiger partial charge is 0.342 e. The van der Waals surface area contributed by atoms with Crippen LogP contribution in [0.15, 0.2) is 47.6 Å². The molecule has 4 rings (SSSR count). The van der Waals surface area contributed by atoms with E-state index >= 15 is 0 Å². The Hall–Kier alpha value is -2.31. The molecule has 0 N–H and O–H groups in total. The van der Waals surface area contributed by atoms with Crippen molar-refractivity contribution in [2.75, 3.05) is 18.8 Å². The van der Waals surface area contributed by atoms with E-state index in [9.17, 15) is 4.79 Å². The van der Waals surface area contributed by atoms with Crippen LogP contribution in [0, 0.1) is 13.8 Å². The van der Waals surface area contributed by atoms with Gasteiger partial charge in [0.2, 0.25) is 5.91 Å². The summed E-state index contributed by atoms with van der Waals surface area (Å²) in [6, 6.07) is 13.9. The summed E-state index contributed by atoms with van der Waals surface area (Å²) in [4.78, 5) is 14.8. The summed E-state index contributed by atoms with van der Waals surface area (Å²) in [7, 11) is 0. The maximum Gasteiger partial charge on any atom is 0.233 e. The fourth-order valence-electron chi connectivity index (χ4n) is 3.78. The number of rotatable bonds is 5. The minimum atomic E-state index is 0.176. The molecule has 0 radical (unpaired) electrons. The Balaban J connectivity index is 1.64. The predicted molar refractivity (Wildman–Crippen MR) is 127 cm³/mol. The van der Waals surface area contributed by atoms with Gasteiger partial charge in [-0.15, -0.1) is 10.2 Å². The normalized spacial score (nSPS) is 14.5. The summed E-state index contributed by atoms with van der Waals surface area (Å²) in [6.45, 7) is 5.92. The van der Waals surface area contributed by atoms with Gasteiger partial charge in [-0.2, -0.15) is 0 Å². The van der Waals surface area contributed by atoms with Gasteiger partial charge in [-0.1, -0.05) is 42.3 Å². The van der Waals surface area contributed by atoms with Crippen molar-refractivity contribution in [1.82, 2.24) is 19.7 Å². The van der Waals surface area contributed by atoms with Crippen LogP contribution in [-0.4, -0.2) is 44.4 Å². The van der Waals surface area contributed by atoms with Crippen LogP contribution in [0.2, 0.25) is 5.02 Å². The van der Waals surface area contributed by atoms with Crippen molar-refractivity contribution < 1.29 is 4.79 Å². The van der Waals surface area contributed by atoms with Crippen molar-refractivity contribution in [1.29, 1.82) is 0 Å². The highest BCUT2D eigenvalue weighted by atomic mass is 35.5. The van der Waals surface area contributed by atoms with Crippen molar-refractivity contribution in [3.05, 3.63) is 58.6 Å². The predicted octanol–water partition coefficient (Wildman–Crippen LogP) is 5.70. The fourth-order valence-corrected chi connectivity index (χ4v) is 4.77. The van der Waals surface area contributed by atoms with Gasteiger partial charge in [0, 0.05) is 23.7 Å². The molecule has 162 valence electrons. The summed E-state index contributed by atoms with van der Waals surface area (Å²) >= 11 is 7.53. The van der Waals surface area contributed by atoms with Gasteiger partial charge >= 0.3 is 0 Å². The van der Waals surface area contributed by atoms with Crippen LogP contribution < -0.4 is 0 Å². The number of hydrogen-bond donors (Lipinski definition) is 0. The van der Waals surface area contributed by atoms with Crippen LogP contribution in [0.25, 0.3) is 17.1 Å². The van der Waals surface area contributed by atoms with Crippen LogP contribution in [0.5, 0.6) is 0 Å². The maximum absolute atomic E-state index is 12.8. The average molecular weight is 455 g/mol. The lowest BCUT2D eigenvalue weighted by molar-refractivity contribution is -0.128. The van der Waals surface area contributed by atoms with Gasteiger partial charge in [0.25, 0.3) is 0 Å². The molecule has 0 bridgehead atoms. The van der Waals surface area contributed by atoms with Crippen molar-refractivity contribution in [2.45, 2.75) is 44.7 Å². The van der Waals surface area contributed by atoms with E-state index in [1.807, 2.05) is 33.7 Å². The summed E-state index contributed by atoms with van der Waals surface area (Å²) in [5.41, 5.74) is 4.35. The van der Waals surface area contributed by atoms with E-state index in [0.717, 1.165) is 48.2 Å². The lowest BCUT2D eigenvalue weighted by atomic mass is 10.1. The highest BCUT2D eigenvalue weighted by Crippen LogP contribution is 2.30. The molecular weight excluding hydrogens is 428 g/mol. The van der Waals surface area contributed by atoms with Gasteiger partial charge in [0.1, 0.15) is 0 Å². The number of aromatic nitrogens is 3. The zero-order valence-corrected chi connectivity index (χ0v) is 19.5. The second kappa shape index (κ2) is 9.88. The number of aryl methyl sites for hydroxylation is 2. The van der Waals surface area contributed by atoms with Crippen LogP contribution >= 0.6 is 23.4 Å². The van der Waals surface area contributed by atoms with Gasteiger partial charge in [-0.3, -0.25) is 9.36 Å². The molecule has 1 fully saturated rings. The number of amides is 1. The summed E-state index contributed by atoms with van der Waals surface area (Å²) in [5, 5.41) is 10.3. The van der Waals surface area contributed by atoms with Crippen LogP contribution in [0.4, 0.5) is 0 Å². The molecular formula is C24H27ClN4OS. The molecule has 7 heteroatoms. The number of thioether (sulfide) groups is 1. The van der Waals surface area contributed by atoms with Crippen LogP contribution in [0.1, 0.15) is 36.8 Å². The highest BCUT2D eigenvalue weighted by Gasteiger charge is 2.20. The zero-order valence-electron chi connectivity index (χ0n) is 18.0. The number of halogens is 1. The van der Waals surface area contributed by atoms with Crippen molar-refractivity contribution in [2.24, 2.45) is 0 Å². The lowest BCUT2D eigenvalue weighted by Gasteiger charge is -2.20. The van der Waals surface area contributed by atoms with E-state index in [-0.39, 0.29) is 5.91 Å². The van der Waals surface area contributed by atoms with E-state index in [1.165, 1.54) is 35.7 Å². The number of likely N-dealkylation sites (tertiary alicyclic amines) is 1. The fraction of sp³-hybridized carbons (Fsp3) is 0.375. The first-order valence-electron chi connectivity index (χ1n) is 10.7. The first-order chi connectivity index (χ1) is 15.0. The van der Waals surface area contributed by atoms with E-state index in [2.05, 4.69) is 42.2 Å². The Morgan fingerprint density at radius 2 is 1.68 bits per heavy atom. The Morgan fingerprint density at radius 1 is 0.968 bits per heavy atom. The molecule has 0 spiro atoms. The smallest absolute Gasteiger partial charge is 0.233 e. The van der Waals surface area contributed by atoms with E-state index < -0.39 is 0 Å². The third-order valence-corrected chi connectivity index (χ3v) is 6.93. The lowest BCUT2D eigenvalue weighted by Crippen LogP contribution is -2.33. The molecule has 1 aliphatic heterocycles. The summed E-state index contributed by atoms with van der Waals surface area (Å²) in [5.74, 6) is 1.28. The van der Waals surface area contributed by atoms with Crippen molar-refractivity contribution in [3.8, 4) is 17.1 Å². The SMILES string of the molecule is Cc1ccc(-n2c(SCC(=O)N3CCCCCC3)nnc2-c2ccc(Cl)cc2)cc1C. The third kappa shape index (κ3) is 5.13. The highest BCUT2D eigenvalue weighted by molar-refractivity contribution is 7.99. The molecule has 1 aromatic heterocycles. The monoisotopic (exact) mass is 454 g/mol. The number of carbonyl (C=O) groups is 1. The molecule has 31 heavy (non-hydrogen) atoms. The number of benzene rings is 2. The maximum atomic E-state index is 12.8. The van der Waals surface area contributed by atoms with Crippen molar-refractivity contribution in [3.63, 3.8) is 0 Å². The molecule has 5 nitrogen and oxygen atoms in total. The van der Waals surface area contributed by atoms with Gasteiger partial charge < -0.3 is 4.90 Å². The Morgan fingerprint density at radius 3 is 2.35 bits per heavy atom. The Kier molecular flexibility index (Phi) is 6.98. The molecule has 0 saturated carbocycles. The number of hydrogen-bond acceptors (Lipinski definition) is 4. The van der Waals surface area contributed by atoms with E-state index in [4.69, 9.17) is 11.6 Å². The first-order valence-corrected chi connectivity index (χ1v) is 12.1.